The first-order chi connectivity index (χ1) is 16.8. The molecule has 2 fully saturated rings. The lowest BCUT2D eigenvalue weighted by atomic mass is 9.56. The summed E-state index contributed by atoms with van der Waals surface area (Å²) in [5.41, 5.74) is 1.06. The van der Waals surface area contributed by atoms with Gasteiger partial charge in [-0.2, -0.15) is 5.10 Å². The number of nitrogens with one attached hydrogen (secondary N) is 3. The normalized spacial score (nSPS) is 22.7. The largest absolute Gasteiger partial charge is 0.349 e. The van der Waals surface area contributed by atoms with E-state index in [1.165, 1.54) is 0 Å². The van der Waals surface area contributed by atoms with Crippen molar-refractivity contribution in [3.05, 3.63) is 75.3 Å². The molecule has 0 bridgehead atoms. The van der Waals surface area contributed by atoms with E-state index in [1.807, 2.05) is 17.0 Å². The minimum absolute atomic E-state index is 0.00359. The van der Waals surface area contributed by atoms with Crippen LogP contribution in [-0.2, 0) is 0 Å². The topological polar surface area (TPSA) is 111 Å². The fourth-order valence-electron chi connectivity index (χ4n) is 6.10. The van der Waals surface area contributed by atoms with E-state index in [9.17, 15) is 14.4 Å². The van der Waals surface area contributed by atoms with Crippen LogP contribution in [0.2, 0.25) is 5.02 Å². The van der Waals surface area contributed by atoms with Crippen molar-refractivity contribution in [2.24, 2.45) is 11.3 Å². The highest BCUT2D eigenvalue weighted by Gasteiger charge is 2.62. The van der Waals surface area contributed by atoms with E-state index in [2.05, 4.69) is 34.3 Å². The lowest BCUT2D eigenvalue weighted by molar-refractivity contribution is -0.0396. The van der Waals surface area contributed by atoms with E-state index in [0.717, 1.165) is 17.3 Å². The number of likely N-dealkylation sites (tertiary alicyclic amines) is 1. The molecule has 35 heavy (non-hydrogen) atoms. The van der Waals surface area contributed by atoms with Crippen LogP contribution in [0.25, 0.3) is 21.7 Å². The summed E-state index contributed by atoms with van der Waals surface area (Å²) in [6.45, 7) is 4.78. The molecule has 3 heterocycles. The second kappa shape index (κ2) is 7.68. The van der Waals surface area contributed by atoms with Crippen LogP contribution in [0.1, 0.15) is 41.1 Å². The first-order valence-electron chi connectivity index (χ1n) is 11.6. The number of hydrogen-bond acceptors (Lipinski definition) is 4. The highest BCUT2D eigenvalue weighted by atomic mass is 35.5. The Morgan fingerprint density at radius 2 is 2.00 bits per heavy atom. The number of halogens is 1. The summed E-state index contributed by atoms with van der Waals surface area (Å²) in [6, 6.07) is 12.4. The average Bonchev–Trinajstić information content (AvgIpc) is 3.47. The van der Waals surface area contributed by atoms with Crippen molar-refractivity contribution in [2.45, 2.75) is 32.4 Å². The second-order valence-electron chi connectivity index (χ2n) is 10.1. The van der Waals surface area contributed by atoms with Crippen LogP contribution in [0, 0.1) is 11.3 Å². The molecule has 1 aliphatic heterocycles. The summed E-state index contributed by atoms with van der Waals surface area (Å²) >= 11 is 6.25. The van der Waals surface area contributed by atoms with Crippen LogP contribution in [-0.4, -0.2) is 50.5 Å². The van der Waals surface area contributed by atoms with Gasteiger partial charge in [-0.15, -0.1) is 0 Å². The Morgan fingerprint density at radius 1 is 1.17 bits per heavy atom. The number of para-hydroxylation sites is 1. The van der Waals surface area contributed by atoms with E-state index in [1.54, 1.807) is 36.5 Å². The molecule has 6 rings (SSSR count). The molecule has 1 saturated carbocycles. The van der Waals surface area contributed by atoms with Crippen molar-refractivity contribution < 1.29 is 9.59 Å². The highest BCUT2D eigenvalue weighted by molar-refractivity contribution is 6.35. The van der Waals surface area contributed by atoms with Crippen molar-refractivity contribution in [3.63, 3.8) is 0 Å². The number of aromatic amines is 2. The quantitative estimate of drug-likeness (QED) is 0.407. The monoisotopic (exact) mass is 489 g/mol. The van der Waals surface area contributed by atoms with Gasteiger partial charge in [-0.05, 0) is 30.7 Å². The average molecular weight is 490 g/mol. The molecule has 4 aromatic rings. The molecule has 3 N–H and O–H groups in total. The number of nitrogens with zero attached hydrogens (tertiary/aromatic N) is 2. The number of carbonyl (C=O) groups is 2. The summed E-state index contributed by atoms with van der Waals surface area (Å²) in [5.74, 6) is -0.112. The predicted octanol–water partition coefficient (Wildman–Crippen LogP) is 3.73. The van der Waals surface area contributed by atoms with E-state index in [-0.39, 0.29) is 40.8 Å². The van der Waals surface area contributed by atoms with Crippen LogP contribution in [0.5, 0.6) is 0 Å². The number of fused-ring (bicyclic) bond motifs is 3. The Morgan fingerprint density at radius 3 is 2.80 bits per heavy atom. The Hall–Kier alpha value is -3.65. The summed E-state index contributed by atoms with van der Waals surface area (Å²) in [4.78, 5) is 43.7. The Kier molecular flexibility index (Phi) is 4.79. The molecule has 2 amide bonds. The molecule has 2 aromatic heterocycles. The molecular formula is C26H24ClN5O3. The van der Waals surface area contributed by atoms with Crippen LogP contribution < -0.4 is 10.9 Å². The number of rotatable bonds is 3. The van der Waals surface area contributed by atoms with Gasteiger partial charge < -0.3 is 15.2 Å². The van der Waals surface area contributed by atoms with Gasteiger partial charge in [0, 0.05) is 46.3 Å². The van der Waals surface area contributed by atoms with Gasteiger partial charge in [0.25, 0.3) is 17.4 Å². The van der Waals surface area contributed by atoms with Gasteiger partial charge in [-0.3, -0.25) is 14.4 Å². The van der Waals surface area contributed by atoms with Crippen molar-refractivity contribution in [3.8, 4) is 0 Å². The van der Waals surface area contributed by atoms with Crippen molar-refractivity contribution in [2.75, 3.05) is 6.54 Å². The molecule has 2 aliphatic rings. The molecule has 8 nitrogen and oxygen atoms in total. The maximum absolute atomic E-state index is 13.5. The summed E-state index contributed by atoms with van der Waals surface area (Å²) < 4.78 is 0. The number of aromatic nitrogens is 3. The van der Waals surface area contributed by atoms with Crippen molar-refractivity contribution >= 4 is 45.1 Å². The number of amides is 2. The van der Waals surface area contributed by atoms with Crippen LogP contribution in [0.4, 0.5) is 0 Å². The number of hydrogen-bond donors (Lipinski definition) is 3. The fraction of sp³-hybridized carbons (Fsp3) is 0.308. The van der Waals surface area contributed by atoms with Gasteiger partial charge in [-0.25, -0.2) is 5.10 Å². The third kappa shape index (κ3) is 3.27. The summed E-state index contributed by atoms with van der Waals surface area (Å²) in [6.07, 6.45) is 2.38. The Bertz CT molecular complexity index is 1570. The van der Waals surface area contributed by atoms with Crippen LogP contribution in [0.3, 0.4) is 0 Å². The molecule has 178 valence electrons. The Labute approximate surface area is 205 Å². The third-order valence-electron chi connectivity index (χ3n) is 7.75. The maximum Gasteiger partial charge on any atom is 0.272 e. The van der Waals surface area contributed by atoms with E-state index >= 15 is 0 Å². The zero-order valence-electron chi connectivity index (χ0n) is 19.3. The minimum Gasteiger partial charge on any atom is -0.349 e. The van der Waals surface area contributed by atoms with E-state index < -0.39 is 0 Å². The molecule has 3 unspecified atom stereocenters. The molecule has 0 spiro atoms. The summed E-state index contributed by atoms with van der Waals surface area (Å²) in [7, 11) is 0. The van der Waals surface area contributed by atoms with Gasteiger partial charge in [0.1, 0.15) is 5.69 Å². The SMILES string of the molecule is CC1(C)C(NC(=O)c2cc3cccc(Cl)c3[nH]2)C2CCN(C(=O)c3ccc4cn[nH]c(=O)c4c3)C21. The van der Waals surface area contributed by atoms with E-state index in [0.29, 0.717) is 33.6 Å². The predicted molar refractivity (Wildman–Crippen MR) is 134 cm³/mol. The lowest BCUT2D eigenvalue weighted by Crippen LogP contribution is -2.70. The molecular weight excluding hydrogens is 466 g/mol. The Balaban J connectivity index is 1.22. The first kappa shape index (κ1) is 21.9. The maximum atomic E-state index is 13.5. The lowest BCUT2D eigenvalue weighted by Gasteiger charge is -2.57. The van der Waals surface area contributed by atoms with Crippen LogP contribution >= 0.6 is 11.6 Å². The van der Waals surface area contributed by atoms with Crippen molar-refractivity contribution in [1.82, 2.24) is 25.4 Å². The standard InChI is InChI=1S/C26H24ClN5O3/c1-26(2)21(30-24(34)19-11-13-4-3-5-18(27)20(13)29-19)16-8-9-32(22(16)26)25(35)14-6-7-15-12-28-31-23(33)17(15)10-14/h3-7,10-12,16,21-22,29H,8-9H2,1-2H3,(H,30,34)(H,31,33). The molecule has 0 radical (unpaired) electrons. The molecule has 2 aromatic carbocycles. The number of benzene rings is 2. The van der Waals surface area contributed by atoms with E-state index in [4.69, 9.17) is 11.6 Å². The van der Waals surface area contributed by atoms with Gasteiger partial charge in [0.05, 0.1) is 22.1 Å². The smallest absolute Gasteiger partial charge is 0.272 e. The van der Waals surface area contributed by atoms with Gasteiger partial charge in [0.2, 0.25) is 0 Å². The number of carbonyl (C=O) groups excluding carboxylic acids is 2. The third-order valence-corrected chi connectivity index (χ3v) is 8.06. The zero-order chi connectivity index (χ0) is 24.5. The van der Waals surface area contributed by atoms with Gasteiger partial charge >= 0.3 is 0 Å². The molecule has 1 aliphatic carbocycles. The number of H-pyrrole nitrogens is 2. The second-order valence-corrected chi connectivity index (χ2v) is 10.5. The molecule has 1 saturated heterocycles. The van der Waals surface area contributed by atoms with Gasteiger partial charge in [0.15, 0.2) is 0 Å². The van der Waals surface area contributed by atoms with Crippen LogP contribution in [0.15, 0.2) is 53.5 Å². The molecule has 3 atom stereocenters. The first-order valence-corrected chi connectivity index (χ1v) is 12.0. The summed E-state index contributed by atoms with van der Waals surface area (Å²) in [5, 5.41) is 12.0. The fourth-order valence-corrected chi connectivity index (χ4v) is 6.33. The van der Waals surface area contributed by atoms with Gasteiger partial charge in [-0.1, -0.05) is 43.6 Å². The molecule has 9 heteroatoms. The highest BCUT2D eigenvalue weighted by Crippen LogP contribution is 2.53. The zero-order valence-corrected chi connectivity index (χ0v) is 20.0. The van der Waals surface area contributed by atoms with Crippen molar-refractivity contribution in [1.29, 1.82) is 0 Å². The minimum atomic E-state index is -0.318.